The zero-order chi connectivity index (χ0) is 20.2. The van der Waals surface area contributed by atoms with Gasteiger partial charge in [0.1, 0.15) is 4.88 Å². The molecule has 0 aliphatic rings. The Hall–Kier alpha value is -2.62. The van der Waals surface area contributed by atoms with Crippen LogP contribution in [0.3, 0.4) is 0 Å². The van der Waals surface area contributed by atoms with Crippen molar-refractivity contribution in [3.8, 4) is 0 Å². The van der Waals surface area contributed by atoms with E-state index in [9.17, 15) is 4.79 Å². The summed E-state index contributed by atoms with van der Waals surface area (Å²) in [5.74, 6) is 0.131. The van der Waals surface area contributed by atoms with Gasteiger partial charge in [-0.3, -0.25) is 4.79 Å². The van der Waals surface area contributed by atoms with E-state index in [4.69, 9.17) is 11.6 Å². The van der Waals surface area contributed by atoms with E-state index in [1.807, 2.05) is 31.2 Å². The molecule has 1 aromatic heterocycles. The molecule has 0 atom stereocenters. The number of carbonyl (C=O) groups is 1. The van der Waals surface area contributed by atoms with Crippen LogP contribution in [0.25, 0.3) is 10.1 Å². The molecule has 0 radical (unpaired) electrons. The third kappa shape index (κ3) is 4.36. The van der Waals surface area contributed by atoms with E-state index >= 15 is 0 Å². The SMILES string of the molecule is Cc1ccc2c(Cl)c(C(=O)NCCC(c3ccccc3)c3ccccc3)sc2c1. The van der Waals surface area contributed by atoms with E-state index in [2.05, 4.69) is 59.9 Å². The first-order valence-electron chi connectivity index (χ1n) is 9.70. The van der Waals surface area contributed by atoms with Crippen molar-refractivity contribution in [2.75, 3.05) is 6.54 Å². The third-order valence-electron chi connectivity index (χ3n) is 5.11. The van der Waals surface area contributed by atoms with Gasteiger partial charge >= 0.3 is 0 Å². The highest BCUT2D eigenvalue weighted by atomic mass is 35.5. The van der Waals surface area contributed by atoms with Gasteiger partial charge in [-0.25, -0.2) is 0 Å². The Morgan fingerprint density at radius 1 is 0.966 bits per heavy atom. The molecule has 4 aromatic rings. The molecular formula is C25H22ClNOS. The normalized spacial score (nSPS) is 11.1. The maximum absolute atomic E-state index is 12.8. The Morgan fingerprint density at radius 3 is 2.21 bits per heavy atom. The fourth-order valence-electron chi connectivity index (χ4n) is 3.63. The van der Waals surface area contributed by atoms with Crippen LogP contribution in [0.1, 0.15) is 38.7 Å². The largest absolute Gasteiger partial charge is 0.351 e. The molecule has 1 amide bonds. The average molecular weight is 420 g/mol. The minimum atomic E-state index is -0.103. The van der Waals surface area contributed by atoms with Crippen molar-refractivity contribution in [1.82, 2.24) is 5.32 Å². The van der Waals surface area contributed by atoms with Crippen molar-refractivity contribution >= 4 is 38.9 Å². The van der Waals surface area contributed by atoms with Crippen molar-refractivity contribution < 1.29 is 4.79 Å². The summed E-state index contributed by atoms with van der Waals surface area (Å²) >= 11 is 7.94. The van der Waals surface area contributed by atoms with Gasteiger partial charge in [0, 0.05) is 22.5 Å². The van der Waals surface area contributed by atoms with Gasteiger partial charge in [0.05, 0.1) is 5.02 Å². The van der Waals surface area contributed by atoms with Gasteiger partial charge in [0.2, 0.25) is 0 Å². The van der Waals surface area contributed by atoms with E-state index in [1.165, 1.54) is 22.5 Å². The summed E-state index contributed by atoms with van der Waals surface area (Å²) in [6.45, 7) is 2.62. The summed E-state index contributed by atoms with van der Waals surface area (Å²) in [4.78, 5) is 13.4. The van der Waals surface area contributed by atoms with Crippen molar-refractivity contribution in [2.24, 2.45) is 0 Å². The van der Waals surface area contributed by atoms with Crippen LogP contribution in [-0.2, 0) is 0 Å². The lowest BCUT2D eigenvalue weighted by molar-refractivity contribution is 0.0957. The molecule has 1 N–H and O–H groups in total. The van der Waals surface area contributed by atoms with Crippen LogP contribution >= 0.6 is 22.9 Å². The number of amides is 1. The van der Waals surface area contributed by atoms with Gasteiger partial charge in [-0.1, -0.05) is 84.4 Å². The predicted octanol–water partition coefficient (Wildman–Crippen LogP) is 6.82. The number of rotatable bonds is 6. The molecule has 3 aromatic carbocycles. The lowest BCUT2D eigenvalue weighted by atomic mass is 9.88. The first-order valence-corrected chi connectivity index (χ1v) is 10.9. The zero-order valence-electron chi connectivity index (χ0n) is 16.2. The summed E-state index contributed by atoms with van der Waals surface area (Å²) in [6, 6.07) is 26.9. The number of thiophene rings is 1. The van der Waals surface area contributed by atoms with Crippen LogP contribution in [0, 0.1) is 6.92 Å². The summed E-state index contributed by atoms with van der Waals surface area (Å²) in [7, 11) is 0. The number of benzene rings is 3. The number of halogens is 1. The Kier molecular flexibility index (Phi) is 5.98. The zero-order valence-corrected chi connectivity index (χ0v) is 17.8. The minimum absolute atomic E-state index is 0.103. The monoisotopic (exact) mass is 419 g/mol. The Bertz CT molecular complexity index is 1080. The maximum Gasteiger partial charge on any atom is 0.262 e. The summed E-state index contributed by atoms with van der Waals surface area (Å²) in [5.41, 5.74) is 3.67. The smallest absolute Gasteiger partial charge is 0.262 e. The van der Waals surface area contributed by atoms with Gasteiger partial charge in [0.15, 0.2) is 0 Å². The molecular weight excluding hydrogens is 398 g/mol. The Morgan fingerprint density at radius 2 is 1.59 bits per heavy atom. The van der Waals surface area contributed by atoms with Gasteiger partial charge in [-0.15, -0.1) is 11.3 Å². The quantitative estimate of drug-likeness (QED) is 0.365. The molecule has 0 unspecified atom stereocenters. The second kappa shape index (κ2) is 8.81. The van der Waals surface area contributed by atoms with Crippen molar-refractivity contribution in [3.05, 3.63) is 105 Å². The van der Waals surface area contributed by atoms with Crippen molar-refractivity contribution in [3.63, 3.8) is 0 Å². The molecule has 0 bridgehead atoms. The van der Waals surface area contributed by atoms with Crippen molar-refractivity contribution in [2.45, 2.75) is 19.3 Å². The fraction of sp³-hybridized carbons (Fsp3) is 0.160. The van der Waals surface area contributed by atoms with Crippen LogP contribution in [-0.4, -0.2) is 12.5 Å². The number of fused-ring (bicyclic) bond motifs is 1. The Labute approximate surface area is 180 Å². The molecule has 0 saturated heterocycles. The molecule has 0 aliphatic heterocycles. The molecule has 4 heteroatoms. The second-order valence-corrected chi connectivity index (χ2v) is 8.59. The van der Waals surface area contributed by atoms with E-state index in [1.54, 1.807) is 0 Å². The molecule has 0 fully saturated rings. The van der Waals surface area contributed by atoms with Crippen LogP contribution in [0.5, 0.6) is 0 Å². The van der Waals surface area contributed by atoms with Gasteiger partial charge in [-0.2, -0.15) is 0 Å². The third-order valence-corrected chi connectivity index (χ3v) is 6.77. The maximum atomic E-state index is 12.8. The van der Waals surface area contributed by atoms with Gasteiger partial charge in [0.25, 0.3) is 5.91 Å². The highest BCUT2D eigenvalue weighted by Gasteiger charge is 2.18. The van der Waals surface area contributed by atoms with E-state index in [-0.39, 0.29) is 11.8 Å². The first kappa shape index (κ1) is 19.7. The van der Waals surface area contributed by atoms with E-state index in [0.717, 1.165) is 22.1 Å². The lowest BCUT2D eigenvalue weighted by Crippen LogP contribution is -2.25. The number of aryl methyl sites for hydroxylation is 1. The number of hydrogen-bond acceptors (Lipinski definition) is 2. The summed E-state index contributed by atoms with van der Waals surface area (Å²) < 4.78 is 1.05. The van der Waals surface area contributed by atoms with Crippen LogP contribution in [0.4, 0.5) is 0 Å². The molecule has 0 spiro atoms. The summed E-state index contributed by atoms with van der Waals surface area (Å²) in [6.07, 6.45) is 0.821. The average Bonchev–Trinajstić information content (AvgIpc) is 3.08. The minimum Gasteiger partial charge on any atom is -0.351 e. The number of hydrogen-bond donors (Lipinski definition) is 1. The molecule has 0 saturated carbocycles. The molecule has 4 rings (SSSR count). The molecule has 1 heterocycles. The molecule has 29 heavy (non-hydrogen) atoms. The summed E-state index contributed by atoms with van der Waals surface area (Å²) in [5, 5.41) is 4.56. The van der Waals surface area contributed by atoms with E-state index in [0.29, 0.717) is 16.4 Å². The topological polar surface area (TPSA) is 29.1 Å². The highest BCUT2D eigenvalue weighted by molar-refractivity contribution is 7.21. The lowest BCUT2D eigenvalue weighted by Gasteiger charge is -2.18. The van der Waals surface area contributed by atoms with Crippen molar-refractivity contribution in [1.29, 1.82) is 0 Å². The number of carbonyl (C=O) groups excluding carboxylic acids is 1. The van der Waals surface area contributed by atoms with Crippen LogP contribution < -0.4 is 5.32 Å². The molecule has 0 aliphatic carbocycles. The predicted molar refractivity (Wildman–Crippen MR) is 123 cm³/mol. The number of nitrogens with one attached hydrogen (secondary N) is 1. The van der Waals surface area contributed by atoms with Gasteiger partial charge in [-0.05, 0) is 36.1 Å². The molecule has 146 valence electrons. The van der Waals surface area contributed by atoms with Crippen LogP contribution in [0.15, 0.2) is 78.9 Å². The van der Waals surface area contributed by atoms with Crippen LogP contribution in [0.2, 0.25) is 5.02 Å². The molecule has 2 nitrogen and oxygen atoms in total. The second-order valence-electron chi connectivity index (χ2n) is 7.16. The Balaban J connectivity index is 1.49. The standard InChI is InChI=1S/C25H22ClNOS/c1-17-12-13-21-22(16-17)29-24(23(21)26)25(28)27-15-14-20(18-8-4-2-5-9-18)19-10-6-3-7-11-19/h2-13,16,20H,14-15H2,1H3,(H,27,28). The first-order chi connectivity index (χ1) is 14.1. The highest BCUT2D eigenvalue weighted by Crippen LogP contribution is 2.36. The fourth-order valence-corrected chi connectivity index (χ4v) is 5.16. The van der Waals surface area contributed by atoms with Gasteiger partial charge < -0.3 is 5.32 Å². The van der Waals surface area contributed by atoms with E-state index < -0.39 is 0 Å².